The number of aryl methyl sites for hydroxylation is 1. The molecule has 2 aromatic rings. The monoisotopic (exact) mass is 317 g/mol. The fourth-order valence-electron chi connectivity index (χ4n) is 3.61. The summed E-state index contributed by atoms with van der Waals surface area (Å²) in [4.78, 5) is 21.8. The molecule has 2 fully saturated rings. The predicted octanol–water partition coefficient (Wildman–Crippen LogP) is 2.15. The van der Waals surface area contributed by atoms with E-state index in [-0.39, 0.29) is 17.8 Å². The summed E-state index contributed by atoms with van der Waals surface area (Å²) in [7, 11) is 0. The summed E-state index contributed by atoms with van der Waals surface area (Å²) in [6.07, 6.45) is 4.31. The maximum atomic E-state index is 13.2. The lowest BCUT2D eigenvalue weighted by atomic mass is 10.1. The molecular weight excluding hydrogens is 297 g/mol. The lowest BCUT2D eigenvalue weighted by molar-refractivity contribution is -0.134. The van der Waals surface area contributed by atoms with E-state index in [4.69, 9.17) is 0 Å². The van der Waals surface area contributed by atoms with E-state index in [1.165, 1.54) is 12.1 Å². The highest BCUT2D eigenvalue weighted by atomic mass is 19.1. The zero-order valence-electron chi connectivity index (χ0n) is 12.9. The number of benzene rings is 1. The summed E-state index contributed by atoms with van der Waals surface area (Å²) in [6.45, 7) is 0.733. The van der Waals surface area contributed by atoms with Gasteiger partial charge in [0.15, 0.2) is 0 Å². The molecule has 0 bridgehead atoms. The summed E-state index contributed by atoms with van der Waals surface area (Å²) in [6, 6.07) is 4.40. The lowest BCUT2D eigenvalue weighted by Crippen LogP contribution is -2.44. The Morgan fingerprint density at radius 1 is 1.48 bits per heavy atom. The van der Waals surface area contributed by atoms with Gasteiger partial charge in [-0.25, -0.2) is 9.37 Å². The first-order valence-corrected chi connectivity index (χ1v) is 8.21. The second kappa shape index (κ2) is 5.30. The predicted molar refractivity (Wildman–Crippen MR) is 83.3 cm³/mol. The number of fused-ring (bicyclic) bond motifs is 1. The summed E-state index contributed by atoms with van der Waals surface area (Å²) in [5.41, 5.74) is 0.724. The molecule has 1 aromatic heterocycles. The quantitative estimate of drug-likeness (QED) is 0.908. The zero-order chi connectivity index (χ0) is 16.0. The number of aliphatic hydroxyl groups is 1. The number of rotatable bonds is 4. The number of halogens is 1. The van der Waals surface area contributed by atoms with Gasteiger partial charge in [-0.15, -0.1) is 0 Å². The average Bonchev–Trinajstić information content (AvgIpc) is 2.97. The smallest absolute Gasteiger partial charge is 0.223 e. The first-order chi connectivity index (χ1) is 11.0. The van der Waals surface area contributed by atoms with Crippen molar-refractivity contribution in [1.29, 1.82) is 0 Å². The van der Waals surface area contributed by atoms with Gasteiger partial charge >= 0.3 is 0 Å². The van der Waals surface area contributed by atoms with Crippen LogP contribution in [0.25, 0.3) is 11.0 Å². The first kappa shape index (κ1) is 14.6. The minimum atomic E-state index is -0.636. The van der Waals surface area contributed by atoms with Crippen LogP contribution < -0.4 is 0 Å². The van der Waals surface area contributed by atoms with Gasteiger partial charge in [0.1, 0.15) is 11.6 Å². The molecule has 1 saturated heterocycles. The van der Waals surface area contributed by atoms with Crippen molar-refractivity contribution in [2.75, 3.05) is 6.54 Å². The molecule has 1 amide bonds. The molecule has 0 radical (unpaired) electrons. The van der Waals surface area contributed by atoms with Gasteiger partial charge in [-0.05, 0) is 43.9 Å². The highest BCUT2D eigenvalue weighted by molar-refractivity contribution is 5.78. The Morgan fingerprint density at radius 3 is 3.09 bits per heavy atom. The van der Waals surface area contributed by atoms with E-state index in [1.807, 2.05) is 4.90 Å². The molecular formula is C17H20FN3O2. The molecule has 2 aliphatic rings. The number of H-pyrrole nitrogens is 1. The van der Waals surface area contributed by atoms with E-state index in [9.17, 15) is 14.3 Å². The number of aromatic nitrogens is 2. The van der Waals surface area contributed by atoms with E-state index in [0.29, 0.717) is 29.7 Å². The number of imidazole rings is 1. The fraction of sp³-hybridized carbons (Fsp3) is 0.529. The number of carbonyl (C=O) groups excluding carboxylic acids is 1. The summed E-state index contributed by atoms with van der Waals surface area (Å²) in [5, 5.41) is 10.3. The van der Waals surface area contributed by atoms with Crippen molar-refractivity contribution >= 4 is 16.9 Å². The number of aromatic amines is 1. The number of hydrogen-bond donors (Lipinski definition) is 2. The molecule has 1 saturated carbocycles. The van der Waals surface area contributed by atoms with Crippen LogP contribution >= 0.6 is 0 Å². The maximum Gasteiger partial charge on any atom is 0.223 e. The highest BCUT2D eigenvalue weighted by Gasteiger charge is 2.52. The molecule has 2 heterocycles. The maximum absolute atomic E-state index is 13.2. The van der Waals surface area contributed by atoms with Crippen molar-refractivity contribution < 1.29 is 14.3 Å². The SMILES string of the molecule is O=C(CCc1nc2ccc(F)cc2[nH]1)N1CCCC1C1(O)CC1. The minimum absolute atomic E-state index is 0.0141. The molecule has 122 valence electrons. The third-order valence-corrected chi connectivity index (χ3v) is 5.02. The van der Waals surface area contributed by atoms with Crippen LogP contribution in [0.1, 0.15) is 37.9 Å². The van der Waals surface area contributed by atoms with Gasteiger partial charge in [0, 0.05) is 19.4 Å². The van der Waals surface area contributed by atoms with Crippen molar-refractivity contribution in [1.82, 2.24) is 14.9 Å². The Labute approximate surface area is 133 Å². The number of hydrogen-bond acceptors (Lipinski definition) is 3. The Kier molecular flexibility index (Phi) is 3.37. The lowest BCUT2D eigenvalue weighted by Gasteiger charge is -2.28. The van der Waals surface area contributed by atoms with Gasteiger partial charge in [0.2, 0.25) is 5.91 Å². The third kappa shape index (κ3) is 2.72. The molecule has 1 aliphatic heterocycles. The van der Waals surface area contributed by atoms with Gasteiger partial charge in [0.05, 0.1) is 22.7 Å². The summed E-state index contributed by atoms with van der Waals surface area (Å²) >= 11 is 0. The number of carbonyl (C=O) groups is 1. The number of amides is 1. The van der Waals surface area contributed by atoms with E-state index in [2.05, 4.69) is 9.97 Å². The van der Waals surface area contributed by atoms with Crippen LogP contribution in [0.5, 0.6) is 0 Å². The molecule has 23 heavy (non-hydrogen) atoms. The molecule has 1 unspecified atom stereocenters. The van der Waals surface area contributed by atoms with Crippen LogP contribution in [0, 0.1) is 5.82 Å². The van der Waals surface area contributed by atoms with Crippen LogP contribution in [-0.2, 0) is 11.2 Å². The molecule has 1 aliphatic carbocycles. The molecule has 4 rings (SSSR count). The van der Waals surface area contributed by atoms with Gasteiger partial charge < -0.3 is 15.0 Å². The molecule has 5 nitrogen and oxygen atoms in total. The molecule has 2 N–H and O–H groups in total. The summed E-state index contributed by atoms with van der Waals surface area (Å²) in [5.74, 6) is 0.459. The van der Waals surface area contributed by atoms with Crippen molar-refractivity contribution in [3.05, 3.63) is 29.8 Å². The number of nitrogens with zero attached hydrogens (tertiary/aromatic N) is 2. The van der Waals surface area contributed by atoms with Gasteiger partial charge in [-0.1, -0.05) is 0 Å². The summed E-state index contributed by atoms with van der Waals surface area (Å²) < 4.78 is 13.2. The van der Waals surface area contributed by atoms with E-state index < -0.39 is 5.60 Å². The largest absolute Gasteiger partial charge is 0.388 e. The van der Waals surface area contributed by atoms with E-state index >= 15 is 0 Å². The normalized spacial score (nSPS) is 22.7. The second-order valence-electron chi connectivity index (χ2n) is 6.69. The molecule has 6 heteroatoms. The number of likely N-dealkylation sites (tertiary alicyclic amines) is 1. The Balaban J connectivity index is 1.42. The Hall–Kier alpha value is -1.95. The van der Waals surface area contributed by atoms with Crippen molar-refractivity contribution in [2.45, 2.75) is 50.2 Å². The van der Waals surface area contributed by atoms with Crippen molar-refractivity contribution in [2.24, 2.45) is 0 Å². The topological polar surface area (TPSA) is 69.2 Å². The van der Waals surface area contributed by atoms with Crippen molar-refractivity contribution in [3.63, 3.8) is 0 Å². The average molecular weight is 317 g/mol. The number of nitrogens with one attached hydrogen (secondary N) is 1. The van der Waals surface area contributed by atoms with Crippen molar-refractivity contribution in [3.8, 4) is 0 Å². The Morgan fingerprint density at radius 2 is 2.30 bits per heavy atom. The fourth-order valence-corrected chi connectivity index (χ4v) is 3.61. The highest BCUT2D eigenvalue weighted by Crippen LogP contribution is 2.44. The zero-order valence-corrected chi connectivity index (χ0v) is 12.9. The van der Waals surface area contributed by atoms with Crippen LogP contribution in [-0.4, -0.2) is 44.1 Å². The molecule has 0 spiro atoms. The van der Waals surface area contributed by atoms with E-state index in [0.717, 1.165) is 32.2 Å². The van der Waals surface area contributed by atoms with E-state index in [1.54, 1.807) is 6.07 Å². The molecule has 1 atom stereocenters. The molecule has 1 aromatic carbocycles. The van der Waals surface area contributed by atoms with Gasteiger partial charge in [-0.3, -0.25) is 4.79 Å². The second-order valence-corrected chi connectivity index (χ2v) is 6.69. The third-order valence-electron chi connectivity index (χ3n) is 5.02. The van der Waals surface area contributed by atoms with Crippen LogP contribution in [0.15, 0.2) is 18.2 Å². The van der Waals surface area contributed by atoms with Crippen LogP contribution in [0.2, 0.25) is 0 Å². The minimum Gasteiger partial charge on any atom is -0.388 e. The van der Waals surface area contributed by atoms with Crippen LogP contribution in [0.4, 0.5) is 4.39 Å². The standard InChI is InChI=1S/C17H20FN3O2/c18-11-3-4-12-13(10-11)20-15(19-12)5-6-16(22)21-9-1-2-14(21)17(23)7-8-17/h3-4,10,14,23H,1-2,5-9H2,(H,19,20). The van der Waals surface area contributed by atoms with Gasteiger partial charge in [-0.2, -0.15) is 0 Å². The van der Waals surface area contributed by atoms with Crippen LogP contribution in [0.3, 0.4) is 0 Å². The Bertz CT molecular complexity index is 753. The van der Waals surface area contributed by atoms with Gasteiger partial charge in [0.25, 0.3) is 0 Å². The first-order valence-electron chi connectivity index (χ1n) is 8.21.